The van der Waals surface area contributed by atoms with Crippen LogP contribution in [0.1, 0.15) is 120 Å². The van der Waals surface area contributed by atoms with Crippen LogP contribution in [0.5, 0.6) is 0 Å². The van der Waals surface area contributed by atoms with Crippen LogP contribution in [0.3, 0.4) is 0 Å². The second kappa shape index (κ2) is 11.5. The van der Waals surface area contributed by atoms with Gasteiger partial charge in [-0.15, -0.1) is 0 Å². The van der Waals surface area contributed by atoms with Crippen LogP contribution in [-0.2, 0) is 19.1 Å². The van der Waals surface area contributed by atoms with E-state index in [1.54, 1.807) is 0 Å². The van der Waals surface area contributed by atoms with E-state index >= 15 is 0 Å². The van der Waals surface area contributed by atoms with Gasteiger partial charge in [-0.3, -0.25) is 9.59 Å². The first-order chi connectivity index (χ1) is 21.8. The molecule has 0 aromatic rings. The Morgan fingerprint density at radius 3 is 2.26 bits per heavy atom. The third kappa shape index (κ3) is 5.10. The molecular formula is C38H61NO8. The van der Waals surface area contributed by atoms with Gasteiger partial charge in [-0.25, -0.2) is 0 Å². The fourth-order valence-corrected chi connectivity index (χ4v) is 12.6. The van der Waals surface area contributed by atoms with E-state index in [1.807, 2.05) is 0 Å². The monoisotopic (exact) mass is 659 g/mol. The Kier molecular flexibility index (Phi) is 8.65. The van der Waals surface area contributed by atoms with Gasteiger partial charge in [0, 0.05) is 6.92 Å². The first-order valence-corrected chi connectivity index (χ1v) is 18.3. The minimum atomic E-state index is -1.35. The number of hydrogen-bond donors (Lipinski definition) is 5. The van der Waals surface area contributed by atoms with Crippen molar-refractivity contribution in [3.63, 3.8) is 0 Å². The fraction of sp³-hybridized carbons (Fsp3) is 0.895. The second-order valence-corrected chi connectivity index (χ2v) is 18.6. The van der Waals surface area contributed by atoms with Crippen molar-refractivity contribution in [2.24, 2.45) is 50.2 Å². The largest absolute Gasteiger partial charge is 0.481 e. The lowest BCUT2D eigenvalue weighted by molar-refractivity contribution is -0.306. The molecule has 6 aliphatic rings. The van der Waals surface area contributed by atoms with Crippen LogP contribution in [0.15, 0.2) is 11.6 Å². The zero-order valence-corrected chi connectivity index (χ0v) is 30.0. The number of carboxylic acid groups (broad SMARTS) is 1. The summed E-state index contributed by atoms with van der Waals surface area (Å²) in [4.78, 5) is 25.0. The molecule has 9 heteroatoms. The molecule has 1 aliphatic heterocycles. The van der Waals surface area contributed by atoms with Gasteiger partial charge in [0.15, 0.2) is 6.29 Å². The molecule has 6 rings (SSSR count). The van der Waals surface area contributed by atoms with Crippen molar-refractivity contribution >= 4 is 11.9 Å². The Bertz CT molecular complexity index is 1300. The lowest BCUT2D eigenvalue weighted by Gasteiger charge is -2.71. The van der Waals surface area contributed by atoms with Crippen LogP contribution in [0.4, 0.5) is 0 Å². The zero-order valence-electron chi connectivity index (χ0n) is 30.0. The van der Waals surface area contributed by atoms with Gasteiger partial charge in [0.1, 0.15) is 24.4 Å². The van der Waals surface area contributed by atoms with Gasteiger partial charge in [-0.05, 0) is 109 Å². The van der Waals surface area contributed by atoms with Gasteiger partial charge in [0.05, 0.1) is 18.1 Å². The minimum Gasteiger partial charge on any atom is -0.481 e. The van der Waals surface area contributed by atoms with E-state index in [2.05, 4.69) is 59.9 Å². The number of aliphatic hydroxyl groups is 3. The number of carboxylic acids is 1. The van der Waals surface area contributed by atoms with Crippen molar-refractivity contribution in [2.45, 2.75) is 156 Å². The fourth-order valence-electron chi connectivity index (χ4n) is 12.6. The molecule has 0 unspecified atom stereocenters. The number of amides is 1. The van der Waals surface area contributed by atoms with Gasteiger partial charge in [-0.2, -0.15) is 0 Å². The summed E-state index contributed by atoms with van der Waals surface area (Å²) in [6, 6.07) is -0.958. The molecular weight excluding hydrogens is 598 g/mol. The van der Waals surface area contributed by atoms with Gasteiger partial charge in [0.2, 0.25) is 5.91 Å². The summed E-state index contributed by atoms with van der Waals surface area (Å²) < 4.78 is 12.7. The maximum atomic E-state index is 13.0. The molecule has 0 spiro atoms. The third-order valence-electron chi connectivity index (χ3n) is 15.6. The highest BCUT2D eigenvalue weighted by atomic mass is 16.7. The molecule has 4 saturated carbocycles. The summed E-state index contributed by atoms with van der Waals surface area (Å²) in [6.07, 6.45) is 6.79. The van der Waals surface area contributed by atoms with Crippen molar-refractivity contribution in [3.05, 3.63) is 11.6 Å². The molecule has 0 aromatic heterocycles. The van der Waals surface area contributed by atoms with Crippen molar-refractivity contribution in [3.8, 4) is 0 Å². The SMILES string of the molecule is CC(=O)N[C@H]1[C@H](O[C@H]2CC[C@@]3(C)[C@H](CC[C@]4(C)[C@@H]3CC=C3[C@H]5CC(C)(C)CC[C@]5(C(=O)O)CC[C@]34C)C2(C)C)O[C@H](CO)[C@@H](O)[C@@H]1O. The molecule has 1 saturated heterocycles. The van der Waals surface area contributed by atoms with Crippen molar-refractivity contribution in [2.75, 3.05) is 6.61 Å². The maximum Gasteiger partial charge on any atom is 0.310 e. The lowest BCUT2D eigenvalue weighted by atomic mass is 9.33. The molecule has 0 aromatic carbocycles. The highest BCUT2D eigenvalue weighted by molar-refractivity contribution is 5.76. The molecule has 47 heavy (non-hydrogen) atoms. The summed E-state index contributed by atoms with van der Waals surface area (Å²) >= 11 is 0. The number of nitrogens with one attached hydrogen (secondary N) is 1. The van der Waals surface area contributed by atoms with E-state index in [0.29, 0.717) is 11.8 Å². The van der Waals surface area contributed by atoms with Crippen molar-refractivity contribution in [1.82, 2.24) is 5.32 Å². The average Bonchev–Trinajstić information content (AvgIpc) is 2.97. The van der Waals surface area contributed by atoms with Crippen molar-refractivity contribution in [1.29, 1.82) is 0 Å². The Morgan fingerprint density at radius 2 is 1.62 bits per heavy atom. The number of aliphatic carboxylic acids is 1. The highest BCUT2D eigenvalue weighted by Crippen LogP contribution is 2.76. The summed E-state index contributed by atoms with van der Waals surface area (Å²) in [6.45, 7) is 17.6. The van der Waals surface area contributed by atoms with Crippen LogP contribution < -0.4 is 5.32 Å². The van der Waals surface area contributed by atoms with E-state index in [1.165, 1.54) is 12.5 Å². The number of carbonyl (C=O) groups excluding carboxylic acids is 1. The summed E-state index contributed by atoms with van der Waals surface area (Å²) in [5, 5.41) is 44.7. The predicted molar refractivity (Wildman–Crippen MR) is 177 cm³/mol. The molecule has 13 atom stereocenters. The quantitative estimate of drug-likeness (QED) is 0.200. The number of carbonyl (C=O) groups is 2. The predicted octanol–water partition coefficient (Wildman–Crippen LogP) is 5.20. The summed E-state index contributed by atoms with van der Waals surface area (Å²) in [5.41, 5.74) is 0.733. The van der Waals surface area contributed by atoms with E-state index < -0.39 is 48.6 Å². The number of allylic oxidation sites excluding steroid dienone is 2. The maximum absolute atomic E-state index is 13.0. The van der Waals surface area contributed by atoms with E-state index in [4.69, 9.17) is 9.47 Å². The van der Waals surface area contributed by atoms with E-state index in [-0.39, 0.29) is 45.0 Å². The average molecular weight is 660 g/mol. The highest BCUT2D eigenvalue weighted by Gasteiger charge is 2.69. The lowest BCUT2D eigenvalue weighted by Crippen LogP contribution is -2.67. The molecule has 9 nitrogen and oxygen atoms in total. The van der Waals surface area contributed by atoms with Crippen LogP contribution in [0.2, 0.25) is 0 Å². The Balaban J connectivity index is 1.29. The molecule has 5 aliphatic carbocycles. The van der Waals surface area contributed by atoms with Gasteiger partial charge < -0.3 is 35.2 Å². The standard InChI is InChI=1S/C38H61NO8/c1-21(41)39-28-30(43)29(42)24(20-40)46-31(28)47-27-12-13-35(6)25(34(27,4)5)11-14-37(8)26(35)10-9-22-23-19-33(2,3)15-17-38(23,32(44)45)18-16-36(22,37)7/h9,23-31,40,42-43H,10-20H2,1-8H3,(H,39,41)(H,44,45)/t23-,24-,25-,26-,27+,28-,29-,30-,31+,35+,36-,37-,38+/m1/s1. The molecule has 266 valence electrons. The van der Waals surface area contributed by atoms with Crippen LogP contribution in [0.25, 0.3) is 0 Å². The minimum absolute atomic E-state index is 0.0440. The number of fused-ring (bicyclic) bond motifs is 7. The smallest absolute Gasteiger partial charge is 0.310 e. The molecule has 0 bridgehead atoms. The third-order valence-corrected chi connectivity index (χ3v) is 15.6. The Morgan fingerprint density at radius 1 is 0.936 bits per heavy atom. The van der Waals surface area contributed by atoms with Crippen LogP contribution >= 0.6 is 0 Å². The van der Waals surface area contributed by atoms with Gasteiger partial charge in [-0.1, -0.05) is 60.1 Å². The van der Waals surface area contributed by atoms with Crippen LogP contribution in [-0.4, -0.2) is 75.7 Å². The summed E-state index contributed by atoms with van der Waals surface area (Å²) in [5.74, 6) is -0.0617. The number of aliphatic hydroxyl groups excluding tert-OH is 3. The normalized spacial score (nSPS) is 50.1. The second-order valence-electron chi connectivity index (χ2n) is 18.6. The first kappa shape index (κ1) is 35.3. The number of hydrogen-bond acceptors (Lipinski definition) is 7. The molecule has 5 fully saturated rings. The molecule has 1 heterocycles. The first-order valence-electron chi connectivity index (χ1n) is 18.3. The Hall–Kier alpha value is -1.52. The van der Waals surface area contributed by atoms with Gasteiger partial charge in [0.25, 0.3) is 0 Å². The summed E-state index contributed by atoms with van der Waals surface area (Å²) in [7, 11) is 0. The van der Waals surface area contributed by atoms with Crippen LogP contribution in [0, 0.1) is 50.2 Å². The topological polar surface area (TPSA) is 146 Å². The van der Waals surface area contributed by atoms with E-state index in [9.17, 15) is 30.0 Å². The molecule has 5 N–H and O–H groups in total. The van der Waals surface area contributed by atoms with Crippen molar-refractivity contribution < 1.29 is 39.5 Å². The number of ether oxygens (including phenoxy) is 2. The van der Waals surface area contributed by atoms with Gasteiger partial charge >= 0.3 is 5.97 Å². The Labute approximate surface area is 281 Å². The number of rotatable bonds is 5. The molecule has 0 radical (unpaired) electrons. The molecule has 1 amide bonds. The van der Waals surface area contributed by atoms with E-state index in [0.717, 1.165) is 64.2 Å². The zero-order chi connectivity index (χ0) is 34.5.